The molecule has 2 aromatic carbocycles. The average molecular weight is 276 g/mol. The zero-order valence-electron chi connectivity index (χ0n) is 10.8. The van der Waals surface area contributed by atoms with E-state index in [4.69, 9.17) is 9.47 Å². The van der Waals surface area contributed by atoms with Crippen molar-refractivity contribution in [3.63, 3.8) is 0 Å². The van der Waals surface area contributed by atoms with Gasteiger partial charge in [-0.15, -0.1) is 0 Å². The summed E-state index contributed by atoms with van der Waals surface area (Å²) in [5.41, 5.74) is 1.66. The van der Waals surface area contributed by atoms with Gasteiger partial charge in [0.05, 0.1) is 13.2 Å². The first-order valence-corrected chi connectivity index (χ1v) is 6.46. The zero-order valence-corrected chi connectivity index (χ0v) is 10.8. The zero-order chi connectivity index (χ0) is 13.9. The molecule has 0 aromatic heterocycles. The molecule has 0 unspecified atom stereocenters. The fourth-order valence-electron chi connectivity index (χ4n) is 2.03. The SMILES string of the molecule is Fc1ccc(C(OC[C@H]2CO2)c2ccc(F)cc2)cc1. The molecule has 0 N–H and O–H groups in total. The minimum atomic E-state index is -0.347. The van der Waals surface area contributed by atoms with Crippen molar-refractivity contribution < 1.29 is 18.3 Å². The second kappa shape index (κ2) is 5.69. The predicted octanol–water partition coefficient (Wildman–Crippen LogP) is 3.47. The maximum Gasteiger partial charge on any atom is 0.123 e. The monoisotopic (exact) mass is 276 g/mol. The van der Waals surface area contributed by atoms with Crippen LogP contribution in [-0.2, 0) is 9.47 Å². The van der Waals surface area contributed by atoms with E-state index >= 15 is 0 Å². The summed E-state index contributed by atoms with van der Waals surface area (Å²) in [7, 11) is 0. The first-order chi connectivity index (χ1) is 9.72. The third-order valence-electron chi connectivity index (χ3n) is 3.20. The minimum Gasteiger partial charge on any atom is -0.371 e. The Morgan fingerprint density at radius 1 is 0.950 bits per heavy atom. The molecule has 1 aliphatic heterocycles. The second-order valence-corrected chi connectivity index (χ2v) is 4.77. The number of hydrogen-bond acceptors (Lipinski definition) is 2. The lowest BCUT2D eigenvalue weighted by Gasteiger charge is -2.18. The van der Waals surface area contributed by atoms with Gasteiger partial charge in [-0.3, -0.25) is 0 Å². The highest BCUT2D eigenvalue weighted by atomic mass is 19.1. The Kier molecular flexibility index (Phi) is 3.76. The van der Waals surface area contributed by atoms with Gasteiger partial charge in [0.2, 0.25) is 0 Å². The van der Waals surface area contributed by atoms with Crippen LogP contribution >= 0.6 is 0 Å². The van der Waals surface area contributed by atoms with Crippen molar-refractivity contribution in [3.05, 3.63) is 71.3 Å². The van der Waals surface area contributed by atoms with E-state index in [1.165, 1.54) is 24.3 Å². The van der Waals surface area contributed by atoms with Crippen molar-refractivity contribution in [3.8, 4) is 0 Å². The standard InChI is InChI=1S/C16H14F2O2/c17-13-5-1-11(2-6-13)16(20-10-15-9-19-15)12-3-7-14(18)8-4-12/h1-8,15-16H,9-10H2/t15-/m1/s1. The number of hydrogen-bond donors (Lipinski definition) is 0. The summed E-state index contributed by atoms with van der Waals surface area (Å²) in [5.74, 6) is -0.589. The molecule has 0 saturated carbocycles. The van der Waals surface area contributed by atoms with Gasteiger partial charge in [0.25, 0.3) is 0 Å². The molecule has 0 aliphatic carbocycles. The lowest BCUT2D eigenvalue weighted by molar-refractivity contribution is 0.0671. The van der Waals surface area contributed by atoms with Gasteiger partial charge in [-0.05, 0) is 35.4 Å². The summed E-state index contributed by atoms with van der Waals surface area (Å²) in [6, 6.07) is 12.3. The first kappa shape index (κ1) is 13.2. The molecule has 1 atom stereocenters. The largest absolute Gasteiger partial charge is 0.371 e. The molecule has 0 radical (unpaired) electrons. The van der Waals surface area contributed by atoms with Crippen LogP contribution in [0.1, 0.15) is 17.2 Å². The normalized spacial score (nSPS) is 17.4. The minimum absolute atomic E-state index is 0.137. The van der Waals surface area contributed by atoms with Crippen LogP contribution < -0.4 is 0 Å². The van der Waals surface area contributed by atoms with E-state index in [1.807, 2.05) is 0 Å². The Bertz CT molecular complexity index is 517. The van der Waals surface area contributed by atoms with E-state index in [0.29, 0.717) is 13.2 Å². The molecular formula is C16H14F2O2. The number of epoxide rings is 1. The van der Waals surface area contributed by atoms with Crippen molar-refractivity contribution in [2.75, 3.05) is 13.2 Å². The highest BCUT2D eigenvalue weighted by Crippen LogP contribution is 2.27. The van der Waals surface area contributed by atoms with E-state index in [0.717, 1.165) is 11.1 Å². The molecule has 1 aliphatic rings. The van der Waals surface area contributed by atoms with Crippen LogP contribution in [0.25, 0.3) is 0 Å². The molecule has 2 nitrogen and oxygen atoms in total. The third kappa shape index (κ3) is 3.21. The van der Waals surface area contributed by atoms with Gasteiger partial charge in [-0.1, -0.05) is 24.3 Å². The number of halogens is 2. The van der Waals surface area contributed by atoms with Gasteiger partial charge in [-0.25, -0.2) is 8.78 Å². The summed E-state index contributed by atoms with van der Waals surface area (Å²) < 4.78 is 37.0. The fraction of sp³-hybridized carbons (Fsp3) is 0.250. The van der Waals surface area contributed by atoms with Crippen LogP contribution in [0.2, 0.25) is 0 Å². The summed E-state index contributed by atoms with van der Waals surface area (Å²) in [6.45, 7) is 1.18. The van der Waals surface area contributed by atoms with Crippen LogP contribution in [0.3, 0.4) is 0 Å². The second-order valence-electron chi connectivity index (χ2n) is 4.77. The summed E-state index contributed by atoms with van der Waals surface area (Å²) in [4.78, 5) is 0. The van der Waals surface area contributed by atoms with E-state index < -0.39 is 0 Å². The van der Waals surface area contributed by atoms with Crippen molar-refractivity contribution in [2.45, 2.75) is 12.2 Å². The fourth-order valence-corrected chi connectivity index (χ4v) is 2.03. The highest BCUT2D eigenvalue weighted by Gasteiger charge is 2.25. The summed E-state index contributed by atoms with van der Waals surface area (Å²) >= 11 is 0. The van der Waals surface area contributed by atoms with Crippen molar-refractivity contribution >= 4 is 0 Å². The molecule has 0 spiro atoms. The Morgan fingerprint density at radius 3 is 1.80 bits per heavy atom. The van der Waals surface area contributed by atoms with E-state index in [1.54, 1.807) is 24.3 Å². The molecule has 104 valence electrons. The summed E-state index contributed by atoms with van der Waals surface area (Å²) in [6.07, 6.45) is -0.209. The maximum atomic E-state index is 13.0. The Morgan fingerprint density at radius 2 is 1.40 bits per heavy atom. The molecule has 3 rings (SSSR count). The average Bonchev–Trinajstić information content (AvgIpc) is 3.27. The topological polar surface area (TPSA) is 21.8 Å². The van der Waals surface area contributed by atoms with Crippen LogP contribution in [-0.4, -0.2) is 19.3 Å². The molecule has 1 saturated heterocycles. The quantitative estimate of drug-likeness (QED) is 0.780. The lowest BCUT2D eigenvalue weighted by Crippen LogP contribution is -2.10. The molecule has 1 heterocycles. The van der Waals surface area contributed by atoms with E-state index in [9.17, 15) is 8.78 Å². The number of rotatable bonds is 5. The van der Waals surface area contributed by atoms with Crippen LogP contribution in [0, 0.1) is 11.6 Å². The van der Waals surface area contributed by atoms with Crippen LogP contribution in [0.4, 0.5) is 8.78 Å². The Hall–Kier alpha value is -1.78. The summed E-state index contributed by atoms with van der Waals surface area (Å²) in [5, 5.41) is 0. The Balaban J connectivity index is 1.85. The highest BCUT2D eigenvalue weighted by molar-refractivity contribution is 5.30. The first-order valence-electron chi connectivity index (χ1n) is 6.46. The molecule has 1 fully saturated rings. The molecule has 0 bridgehead atoms. The van der Waals surface area contributed by atoms with E-state index in [2.05, 4.69) is 0 Å². The third-order valence-corrected chi connectivity index (χ3v) is 3.20. The van der Waals surface area contributed by atoms with Gasteiger partial charge >= 0.3 is 0 Å². The number of benzene rings is 2. The Labute approximate surface area is 116 Å². The molecule has 0 amide bonds. The van der Waals surface area contributed by atoms with Crippen molar-refractivity contribution in [1.82, 2.24) is 0 Å². The molecule has 2 aromatic rings. The molecule has 4 heteroatoms. The van der Waals surface area contributed by atoms with Crippen molar-refractivity contribution in [2.24, 2.45) is 0 Å². The maximum absolute atomic E-state index is 13.0. The van der Waals surface area contributed by atoms with E-state index in [-0.39, 0.29) is 23.8 Å². The van der Waals surface area contributed by atoms with Gasteiger partial charge in [0, 0.05) is 0 Å². The van der Waals surface area contributed by atoms with Crippen molar-refractivity contribution in [1.29, 1.82) is 0 Å². The van der Waals surface area contributed by atoms with Gasteiger partial charge in [0.15, 0.2) is 0 Å². The van der Waals surface area contributed by atoms with Gasteiger partial charge in [0.1, 0.15) is 23.8 Å². The molecule has 20 heavy (non-hydrogen) atoms. The smallest absolute Gasteiger partial charge is 0.123 e. The number of ether oxygens (including phenoxy) is 2. The van der Waals surface area contributed by atoms with Crippen LogP contribution in [0.5, 0.6) is 0 Å². The van der Waals surface area contributed by atoms with Crippen LogP contribution in [0.15, 0.2) is 48.5 Å². The molecular weight excluding hydrogens is 262 g/mol. The lowest BCUT2D eigenvalue weighted by atomic mass is 10.0. The predicted molar refractivity (Wildman–Crippen MR) is 70.3 cm³/mol. The van der Waals surface area contributed by atoms with Gasteiger partial charge < -0.3 is 9.47 Å². The van der Waals surface area contributed by atoms with Gasteiger partial charge in [-0.2, -0.15) is 0 Å².